The Kier molecular flexibility index (Phi) is 2.13. The van der Waals surface area contributed by atoms with Gasteiger partial charge in [0, 0.05) is 5.02 Å². The third kappa shape index (κ3) is 1.44. The van der Waals surface area contributed by atoms with Crippen LogP contribution in [0.25, 0.3) is 10.9 Å². The minimum absolute atomic E-state index is 0.284. The number of hydrogen-bond acceptors (Lipinski definition) is 3. The average molecular weight is 211 g/mol. The summed E-state index contributed by atoms with van der Waals surface area (Å²) in [6.07, 6.45) is 0. The van der Waals surface area contributed by atoms with E-state index in [1.54, 1.807) is 18.2 Å². The van der Waals surface area contributed by atoms with Gasteiger partial charge < -0.3 is 9.72 Å². The van der Waals surface area contributed by atoms with Crippen LogP contribution in [0.15, 0.2) is 23.0 Å². The lowest BCUT2D eigenvalue weighted by Gasteiger charge is -2.02. The van der Waals surface area contributed by atoms with Crippen LogP contribution < -0.4 is 10.4 Å². The van der Waals surface area contributed by atoms with E-state index in [0.29, 0.717) is 15.9 Å². The van der Waals surface area contributed by atoms with Crippen LogP contribution in [0.1, 0.15) is 0 Å². The molecule has 0 aliphatic heterocycles. The normalized spacial score (nSPS) is 10.4. The number of methoxy groups -OCH3 is 1. The number of ether oxygens (including phenoxy) is 1. The first-order chi connectivity index (χ1) is 6.70. The number of hydrogen-bond donors (Lipinski definition) is 1. The zero-order valence-electron chi connectivity index (χ0n) is 7.37. The predicted molar refractivity (Wildman–Crippen MR) is 53.9 cm³/mol. The van der Waals surface area contributed by atoms with Crippen LogP contribution in [0, 0.1) is 0 Å². The van der Waals surface area contributed by atoms with E-state index in [4.69, 9.17) is 16.3 Å². The molecular weight excluding hydrogens is 204 g/mol. The fraction of sp³-hybridized carbons (Fsp3) is 0.111. The molecule has 0 aliphatic rings. The number of nitrogens with zero attached hydrogens (tertiary/aromatic N) is 1. The monoisotopic (exact) mass is 210 g/mol. The van der Waals surface area contributed by atoms with E-state index in [2.05, 4.69) is 9.97 Å². The van der Waals surface area contributed by atoms with Gasteiger partial charge in [-0.15, -0.1) is 0 Å². The molecule has 5 heteroatoms. The Hall–Kier alpha value is -1.55. The van der Waals surface area contributed by atoms with Crippen molar-refractivity contribution in [3.05, 3.63) is 33.7 Å². The number of nitrogens with one attached hydrogen (secondary N) is 1. The molecule has 1 aromatic heterocycles. The Balaban J connectivity index is 2.88. The zero-order valence-corrected chi connectivity index (χ0v) is 8.13. The minimum atomic E-state index is -0.434. The van der Waals surface area contributed by atoms with Gasteiger partial charge >= 0.3 is 5.69 Å². The SMILES string of the molecule is COc1nc(=O)[nH]c2ccc(Cl)cc12. The lowest BCUT2D eigenvalue weighted by Crippen LogP contribution is -2.11. The van der Waals surface area contributed by atoms with Gasteiger partial charge in [-0.25, -0.2) is 4.79 Å². The second-order valence-electron chi connectivity index (χ2n) is 2.74. The smallest absolute Gasteiger partial charge is 0.348 e. The fourth-order valence-electron chi connectivity index (χ4n) is 1.25. The van der Waals surface area contributed by atoms with Crippen molar-refractivity contribution in [2.45, 2.75) is 0 Å². The number of H-pyrrole nitrogens is 1. The lowest BCUT2D eigenvalue weighted by molar-refractivity contribution is 0.401. The molecule has 0 saturated heterocycles. The number of aromatic nitrogens is 2. The van der Waals surface area contributed by atoms with Crippen LogP contribution in [-0.4, -0.2) is 17.1 Å². The van der Waals surface area contributed by atoms with Crippen LogP contribution in [0.2, 0.25) is 5.02 Å². The summed E-state index contributed by atoms with van der Waals surface area (Å²) in [5, 5.41) is 1.27. The highest BCUT2D eigenvalue weighted by Gasteiger charge is 2.04. The van der Waals surface area contributed by atoms with Gasteiger partial charge in [0.1, 0.15) is 0 Å². The summed E-state index contributed by atoms with van der Waals surface area (Å²) in [6, 6.07) is 5.10. The van der Waals surface area contributed by atoms with Gasteiger partial charge in [-0.2, -0.15) is 4.98 Å². The largest absolute Gasteiger partial charge is 0.480 e. The second kappa shape index (κ2) is 3.31. The van der Waals surface area contributed by atoms with Crippen molar-refractivity contribution in [3.63, 3.8) is 0 Å². The van der Waals surface area contributed by atoms with E-state index < -0.39 is 5.69 Å². The molecule has 1 N–H and O–H groups in total. The highest BCUT2D eigenvalue weighted by atomic mass is 35.5. The molecule has 72 valence electrons. The standard InChI is InChI=1S/C9H7ClN2O2/c1-14-8-6-4-5(10)2-3-7(6)11-9(13)12-8/h2-4H,1H3,(H,11,12,13). The van der Waals surface area contributed by atoms with Gasteiger partial charge in [0.25, 0.3) is 0 Å². The topological polar surface area (TPSA) is 55.0 Å². The van der Waals surface area contributed by atoms with Crippen molar-refractivity contribution in [2.24, 2.45) is 0 Å². The molecule has 14 heavy (non-hydrogen) atoms. The van der Waals surface area contributed by atoms with E-state index in [-0.39, 0.29) is 5.88 Å². The molecule has 2 aromatic rings. The Bertz CT molecular complexity index is 536. The number of aromatic amines is 1. The summed E-state index contributed by atoms with van der Waals surface area (Å²) < 4.78 is 4.97. The van der Waals surface area contributed by atoms with Gasteiger partial charge in [0.2, 0.25) is 5.88 Å². The third-order valence-corrected chi connectivity index (χ3v) is 2.09. The molecule has 0 radical (unpaired) electrons. The summed E-state index contributed by atoms with van der Waals surface area (Å²) in [6.45, 7) is 0. The number of benzene rings is 1. The summed E-state index contributed by atoms with van der Waals surface area (Å²) in [4.78, 5) is 17.3. The molecule has 4 nitrogen and oxygen atoms in total. The Morgan fingerprint density at radius 3 is 3.00 bits per heavy atom. The quantitative estimate of drug-likeness (QED) is 0.778. The summed E-state index contributed by atoms with van der Waals surface area (Å²) in [5.41, 5.74) is 0.225. The molecule has 1 aromatic carbocycles. The number of fused-ring (bicyclic) bond motifs is 1. The van der Waals surface area contributed by atoms with Crippen LogP contribution >= 0.6 is 11.6 Å². The second-order valence-corrected chi connectivity index (χ2v) is 3.18. The zero-order chi connectivity index (χ0) is 10.1. The highest BCUT2D eigenvalue weighted by molar-refractivity contribution is 6.31. The van der Waals surface area contributed by atoms with Gasteiger partial charge in [0.15, 0.2) is 0 Å². The first-order valence-electron chi connectivity index (χ1n) is 3.94. The lowest BCUT2D eigenvalue weighted by atomic mass is 10.2. The maximum atomic E-state index is 11.1. The van der Waals surface area contributed by atoms with Crippen LogP contribution in [0.4, 0.5) is 0 Å². The maximum Gasteiger partial charge on any atom is 0.348 e. The summed E-state index contributed by atoms with van der Waals surface area (Å²) in [7, 11) is 1.46. The molecular formula is C9H7ClN2O2. The molecule has 0 aliphatic carbocycles. The Morgan fingerprint density at radius 2 is 2.29 bits per heavy atom. The third-order valence-electron chi connectivity index (χ3n) is 1.85. The summed E-state index contributed by atoms with van der Waals surface area (Å²) >= 11 is 5.81. The first kappa shape index (κ1) is 9.02. The van der Waals surface area contributed by atoms with Crippen LogP contribution in [-0.2, 0) is 0 Å². The minimum Gasteiger partial charge on any atom is -0.480 e. The molecule has 0 spiro atoms. The van der Waals surface area contributed by atoms with Crippen molar-refractivity contribution in [1.29, 1.82) is 0 Å². The van der Waals surface area contributed by atoms with Gasteiger partial charge in [0.05, 0.1) is 18.0 Å². The Labute approximate surface area is 84.5 Å². The van der Waals surface area contributed by atoms with Crippen molar-refractivity contribution in [1.82, 2.24) is 9.97 Å². The molecule has 0 unspecified atom stereocenters. The van der Waals surface area contributed by atoms with Crippen molar-refractivity contribution in [3.8, 4) is 5.88 Å². The van der Waals surface area contributed by atoms with Crippen molar-refractivity contribution in [2.75, 3.05) is 7.11 Å². The summed E-state index contributed by atoms with van der Waals surface area (Å²) in [5.74, 6) is 0.284. The molecule has 0 saturated carbocycles. The molecule has 0 bridgehead atoms. The van der Waals surface area contributed by atoms with E-state index in [1.165, 1.54) is 7.11 Å². The first-order valence-corrected chi connectivity index (χ1v) is 4.32. The predicted octanol–water partition coefficient (Wildman–Crippen LogP) is 1.59. The highest BCUT2D eigenvalue weighted by Crippen LogP contribution is 2.22. The van der Waals surface area contributed by atoms with E-state index in [9.17, 15) is 4.79 Å². The van der Waals surface area contributed by atoms with E-state index >= 15 is 0 Å². The van der Waals surface area contributed by atoms with Crippen LogP contribution in [0.3, 0.4) is 0 Å². The van der Waals surface area contributed by atoms with Crippen molar-refractivity contribution >= 4 is 22.5 Å². The number of rotatable bonds is 1. The number of halogens is 1. The molecule has 0 atom stereocenters. The molecule has 0 fully saturated rings. The molecule has 0 amide bonds. The Morgan fingerprint density at radius 1 is 1.50 bits per heavy atom. The van der Waals surface area contributed by atoms with Gasteiger partial charge in [-0.05, 0) is 18.2 Å². The van der Waals surface area contributed by atoms with E-state index in [0.717, 1.165) is 0 Å². The average Bonchev–Trinajstić information content (AvgIpc) is 2.17. The van der Waals surface area contributed by atoms with E-state index in [1.807, 2.05) is 0 Å². The van der Waals surface area contributed by atoms with Crippen molar-refractivity contribution < 1.29 is 4.74 Å². The fourth-order valence-corrected chi connectivity index (χ4v) is 1.43. The molecule has 2 rings (SSSR count). The molecule has 1 heterocycles. The van der Waals surface area contributed by atoms with Gasteiger partial charge in [-0.3, -0.25) is 0 Å². The maximum absolute atomic E-state index is 11.1. The van der Waals surface area contributed by atoms with Crippen LogP contribution in [0.5, 0.6) is 5.88 Å². The van der Waals surface area contributed by atoms with Gasteiger partial charge in [-0.1, -0.05) is 11.6 Å².